The van der Waals surface area contributed by atoms with Gasteiger partial charge in [-0.25, -0.2) is 4.98 Å². The maximum Gasteiger partial charge on any atom is 0.255 e. The number of hydrogen-bond acceptors (Lipinski definition) is 6. The fraction of sp³-hybridized carbons (Fsp3) is 0.318. The molecule has 1 aromatic carbocycles. The van der Waals surface area contributed by atoms with Crippen molar-refractivity contribution < 1.29 is 9.47 Å². The second kappa shape index (κ2) is 7.58. The molecule has 0 unspecified atom stereocenters. The molecule has 3 aromatic rings. The smallest absolute Gasteiger partial charge is 0.255 e. The molecule has 2 aliphatic rings. The summed E-state index contributed by atoms with van der Waals surface area (Å²) < 4.78 is 12.6. The molecule has 0 atom stereocenters. The van der Waals surface area contributed by atoms with E-state index in [0.29, 0.717) is 12.5 Å². The van der Waals surface area contributed by atoms with Gasteiger partial charge in [0.15, 0.2) is 11.5 Å². The summed E-state index contributed by atoms with van der Waals surface area (Å²) in [6, 6.07) is 11.5. The summed E-state index contributed by atoms with van der Waals surface area (Å²) in [6.45, 7) is 2.77. The van der Waals surface area contributed by atoms with E-state index in [4.69, 9.17) is 14.5 Å². The van der Waals surface area contributed by atoms with Gasteiger partial charge < -0.3 is 14.4 Å². The Hall–Kier alpha value is -3.35. The fourth-order valence-electron chi connectivity index (χ4n) is 3.92. The molecule has 5 rings (SSSR count). The first-order chi connectivity index (χ1) is 14.3. The van der Waals surface area contributed by atoms with Crippen LogP contribution >= 0.6 is 0 Å². The third-order valence-electron chi connectivity index (χ3n) is 5.39. The van der Waals surface area contributed by atoms with Gasteiger partial charge >= 0.3 is 0 Å². The molecule has 0 N–H and O–H groups in total. The van der Waals surface area contributed by atoms with Gasteiger partial charge in [0.2, 0.25) is 12.7 Å². The molecule has 7 heteroatoms. The highest BCUT2D eigenvalue weighted by Crippen LogP contribution is 2.33. The molecule has 0 saturated carbocycles. The molecule has 29 heavy (non-hydrogen) atoms. The van der Waals surface area contributed by atoms with Crippen LogP contribution in [0.5, 0.6) is 11.5 Å². The summed E-state index contributed by atoms with van der Waals surface area (Å²) in [5, 5.41) is 0. The van der Waals surface area contributed by atoms with E-state index in [1.54, 1.807) is 23.0 Å². The quantitative estimate of drug-likeness (QED) is 0.667. The molecule has 0 aliphatic carbocycles. The Balaban J connectivity index is 1.33. The third-order valence-corrected chi connectivity index (χ3v) is 5.39. The maximum atomic E-state index is 12.7. The fourth-order valence-corrected chi connectivity index (χ4v) is 3.92. The van der Waals surface area contributed by atoms with Crippen LogP contribution in [0, 0.1) is 0 Å². The van der Waals surface area contributed by atoms with Gasteiger partial charge in [0.05, 0.1) is 5.69 Å². The Morgan fingerprint density at radius 2 is 1.86 bits per heavy atom. The minimum Gasteiger partial charge on any atom is -0.454 e. The summed E-state index contributed by atoms with van der Waals surface area (Å²) in [5.74, 6) is 2.40. The topological polar surface area (TPSA) is 69.5 Å². The van der Waals surface area contributed by atoms with Gasteiger partial charge in [0.1, 0.15) is 0 Å². The number of rotatable bonds is 5. The Bertz CT molecular complexity index is 1080. The molecule has 0 bridgehead atoms. The molecular weight excluding hydrogens is 368 g/mol. The molecule has 0 amide bonds. The Kier molecular flexibility index (Phi) is 4.63. The van der Waals surface area contributed by atoms with Gasteiger partial charge in [-0.3, -0.25) is 14.3 Å². The Morgan fingerprint density at radius 3 is 2.76 bits per heavy atom. The van der Waals surface area contributed by atoms with Crippen LogP contribution in [0.2, 0.25) is 0 Å². The van der Waals surface area contributed by atoms with Crippen LogP contribution in [-0.2, 0) is 13.0 Å². The number of fused-ring (bicyclic) bond motifs is 2. The van der Waals surface area contributed by atoms with Crippen LogP contribution in [0.25, 0.3) is 11.3 Å². The van der Waals surface area contributed by atoms with E-state index in [0.717, 1.165) is 61.9 Å². The van der Waals surface area contributed by atoms with Crippen LogP contribution < -0.4 is 19.9 Å². The standard InChI is InChI=1S/C22H22N4O3/c27-21-14-18(17-6-8-23-9-7-17)24-22-25(11-2-12-26(21)22)10-1-3-16-4-5-19-20(13-16)29-15-28-19/h4-9,13-14H,1-3,10-12,15H2. The van der Waals surface area contributed by atoms with Gasteiger partial charge in [-0.1, -0.05) is 6.07 Å². The molecule has 0 radical (unpaired) electrons. The highest BCUT2D eigenvalue weighted by atomic mass is 16.7. The SMILES string of the molecule is O=c1cc(-c2ccncc2)nc2n1CCCN2CCCc1ccc2c(c1)OCO2. The number of anilines is 1. The zero-order valence-corrected chi connectivity index (χ0v) is 16.1. The minimum atomic E-state index is 0.00211. The molecule has 0 spiro atoms. The molecule has 7 nitrogen and oxygen atoms in total. The van der Waals surface area contributed by atoms with Crippen molar-refractivity contribution in [2.75, 3.05) is 24.8 Å². The van der Waals surface area contributed by atoms with Crippen LogP contribution in [0.3, 0.4) is 0 Å². The zero-order valence-electron chi connectivity index (χ0n) is 16.1. The normalized spacial score (nSPS) is 14.7. The minimum absolute atomic E-state index is 0.00211. The molecular formula is C22H22N4O3. The number of benzene rings is 1. The van der Waals surface area contributed by atoms with Gasteiger partial charge in [0, 0.05) is 43.7 Å². The number of pyridine rings is 1. The lowest BCUT2D eigenvalue weighted by molar-refractivity contribution is 0.174. The summed E-state index contributed by atoms with van der Waals surface area (Å²) >= 11 is 0. The number of aromatic nitrogens is 3. The largest absolute Gasteiger partial charge is 0.454 e. The molecule has 0 saturated heterocycles. The predicted octanol–water partition coefficient (Wildman–Crippen LogP) is 2.88. The van der Waals surface area contributed by atoms with E-state index >= 15 is 0 Å². The summed E-state index contributed by atoms with van der Waals surface area (Å²) in [7, 11) is 0. The van der Waals surface area contributed by atoms with E-state index in [1.807, 2.05) is 18.2 Å². The van der Waals surface area contributed by atoms with E-state index in [1.165, 1.54) is 5.56 Å². The maximum absolute atomic E-state index is 12.7. The number of aryl methyl sites for hydroxylation is 1. The number of hydrogen-bond donors (Lipinski definition) is 0. The van der Waals surface area contributed by atoms with Crippen molar-refractivity contribution in [3.8, 4) is 22.8 Å². The highest BCUT2D eigenvalue weighted by Gasteiger charge is 2.20. The van der Waals surface area contributed by atoms with Crippen molar-refractivity contribution in [2.24, 2.45) is 0 Å². The monoisotopic (exact) mass is 390 g/mol. The van der Waals surface area contributed by atoms with Gasteiger partial charge in [0.25, 0.3) is 5.56 Å². The van der Waals surface area contributed by atoms with Crippen LogP contribution in [0.15, 0.2) is 53.6 Å². The summed E-state index contributed by atoms with van der Waals surface area (Å²) in [4.78, 5) is 23.8. The Labute approximate surface area is 168 Å². The number of ether oxygens (including phenoxy) is 2. The second-order valence-electron chi connectivity index (χ2n) is 7.30. The van der Waals surface area contributed by atoms with Crippen LogP contribution in [-0.4, -0.2) is 34.4 Å². The first-order valence-corrected chi connectivity index (χ1v) is 9.94. The third kappa shape index (κ3) is 3.55. The van der Waals surface area contributed by atoms with Crippen LogP contribution in [0.4, 0.5) is 5.95 Å². The van der Waals surface area contributed by atoms with Gasteiger partial charge in [-0.2, -0.15) is 0 Å². The average molecular weight is 390 g/mol. The van der Waals surface area contributed by atoms with Crippen molar-refractivity contribution in [3.63, 3.8) is 0 Å². The second-order valence-corrected chi connectivity index (χ2v) is 7.30. The molecule has 2 aliphatic heterocycles. The summed E-state index contributed by atoms with van der Waals surface area (Å²) in [6.07, 6.45) is 6.29. The molecule has 148 valence electrons. The summed E-state index contributed by atoms with van der Waals surface area (Å²) in [5.41, 5.74) is 2.84. The van der Waals surface area contributed by atoms with Crippen molar-refractivity contribution in [1.29, 1.82) is 0 Å². The van der Waals surface area contributed by atoms with Gasteiger partial charge in [-0.15, -0.1) is 0 Å². The lowest BCUT2D eigenvalue weighted by Gasteiger charge is -2.31. The van der Waals surface area contributed by atoms with Crippen LogP contribution in [0.1, 0.15) is 18.4 Å². The predicted molar refractivity (Wildman–Crippen MR) is 109 cm³/mol. The molecule has 4 heterocycles. The van der Waals surface area contributed by atoms with Crippen molar-refractivity contribution in [3.05, 3.63) is 64.7 Å². The zero-order chi connectivity index (χ0) is 19.6. The lowest BCUT2D eigenvalue weighted by atomic mass is 10.1. The van der Waals surface area contributed by atoms with E-state index in [-0.39, 0.29) is 5.56 Å². The molecule has 0 fully saturated rings. The number of nitrogens with zero attached hydrogens (tertiary/aromatic N) is 4. The van der Waals surface area contributed by atoms with Crippen molar-refractivity contribution in [2.45, 2.75) is 25.8 Å². The average Bonchev–Trinajstić information content (AvgIpc) is 3.23. The first-order valence-electron chi connectivity index (χ1n) is 9.94. The van der Waals surface area contributed by atoms with E-state index < -0.39 is 0 Å². The Morgan fingerprint density at radius 1 is 1.00 bits per heavy atom. The van der Waals surface area contributed by atoms with E-state index in [2.05, 4.69) is 22.0 Å². The van der Waals surface area contributed by atoms with Crippen molar-refractivity contribution >= 4 is 5.95 Å². The molecule has 2 aromatic heterocycles. The van der Waals surface area contributed by atoms with Crippen molar-refractivity contribution in [1.82, 2.24) is 14.5 Å². The first kappa shape index (κ1) is 17.7. The van der Waals surface area contributed by atoms with Gasteiger partial charge in [-0.05, 0) is 49.1 Å². The van der Waals surface area contributed by atoms with E-state index in [9.17, 15) is 4.79 Å². The lowest BCUT2D eigenvalue weighted by Crippen LogP contribution is -2.39. The highest BCUT2D eigenvalue weighted by molar-refractivity contribution is 5.59.